The van der Waals surface area contributed by atoms with E-state index in [1.807, 2.05) is 24.4 Å². The fourth-order valence-corrected chi connectivity index (χ4v) is 5.93. The summed E-state index contributed by atoms with van der Waals surface area (Å²) in [5.41, 5.74) is 8.05. The maximum Gasteiger partial charge on any atom is 0.134 e. The van der Waals surface area contributed by atoms with Crippen LogP contribution in [0.1, 0.15) is 46.2 Å². The number of ether oxygens (including phenoxy) is 1. The van der Waals surface area contributed by atoms with E-state index in [-0.39, 0.29) is 11.9 Å². The molecule has 0 fully saturated rings. The number of halogens is 2. The van der Waals surface area contributed by atoms with Crippen LogP contribution in [-0.2, 0) is 6.61 Å². The Kier molecular flexibility index (Phi) is 6.86. The van der Waals surface area contributed by atoms with E-state index in [1.54, 1.807) is 12.1 Å². The topological polar surface area (TPSA) is 33.6 Å². The number of nitrogens with zero attached hydrogens (tertiary/aromatic N) is 1. The van der Waals surface area contributed by atoms with Crippen molar-refractivity contribution in [3.63, 3.8) is 0 Å². The van der Waals surface area contributed by atoms with Crippen molar-refractivity contribution in [3.05, 3.63) is 135 Å². The quantitative estimate of drug-likeness (QED) is 0.186. The van der Waals surface area contributed by atoms with E-state index in [2.05, 4.69) is 82.8 Å². The van der Waals surface area contributed by atoms with Crippen LogP contribution in [0.3, 0.4) is 0 Å². The highest BCUT2D eigenvalue weighted by Crippen LogP contribution is 2.50. The molecule has 0 amide bonds. The van der Waals surface area contributed by atoms with Gasteiger partial charge in [0.05, 0.1) is 16.2 Å². The molecule has 0 saturated carbocycles. The van der Waals surface area contributed by atoms with Gasteiger partial charge in [-0.15, -0.1) is 0 Å². The average molecular weight is 568 g/mol. The van der Waals surface area contributed by atoms with Crippen LogP contribution in [0.15, 0.2) is 107 Å². The van der Waals surface area contributed by atoms with Crippen molar-refractivity contribution in [3.8, 4) is 5.75 Å². The third kappa shape index (κ3) is 5.16. The molecule has 3 atom stereocenters. The van der Waals surface area contributed by atoms with Crippen molar-refractivity contribution in [2.45, 2.75) is 31.9 Å². The first-order chi connectivity index (χ1) is 18.5. The minimum Gasteiger partial charge on any atom is -0.488 e. The van der Waals surface area contributed by atoms with Gasteiger partial charge in [-0.2, -0.15) is 0 Å². The fourth-order valence-electron chi connectivity index (χ4n) is 5.42. The number of nitrogens with one attached hydrogen (secondary N) is 1. The summed E-state index contributed by atoms with van der Waals surface area (Å²) in [6, 6.07) is 27.8. The largest absolute Gasteiger partial charge is 0.488 e. The molecule has 0 unspecified atom stereocenters. The molecule has 38 heavy (non-hydrogen) atoms. The van der Waals surface area contributed by atoms with Gasteiger partial charge < -0.3 is 10.1 Å². The first kappa shape index (κ1) is 24.6. The molecule has 4 aromatic carbocycles. The van der Waals surface area contributed by atoms with E-state index in [4.69, 9.17) is 9.73 Å². The molecule has 0 saturated heterocycles. The lowest BCUT2D eigenvalue weighted by Crippen LogP contribution is -2.29. The van der Waals surface area contributed by atoms with Crippen molar-refractivity contribution in [2.75, 3.05) is 5.32 Å². The van der Waals surface area contributed by atoms with Gasteiger partial charge in [-0.05, 0) is 106 Å². The summed E-state index contributed by atoms with van der Waals surface area (Å²) in [4.78, 5) is 4.69. The summed E-state index contributed by atoms with van der Waals surface area (Å²) in [6.07, 6.45) is 7.66. The minimum absolute atomic E-state index is 0.251. The summed E-state index contributed by atoms with van der Waals surface area (Å²) in [6.45, 7) is 2.54. The lowest BCUT2D eigenvalue weighted by molar-refractivity contribution is 0.304. The number of aryl methyl sites for hydroxylation is 1. The van der Waals surface area contributed by atoms with Crippen molar-refractivity contribution in [1.82, 2.24) is 0 Å². The van der Waals surface area contributed by atoms with Crippen LogP contribution in [-0.4, -0.2) is 6.21 Å². The lowest BCUT2D eigenvalue weighted by atomic mass is 9.76. The maximum atomic E-state index is 13.1. The molecule has 0 spiro atoms. The summed E-state index contributed by atoms with van der Waals surface area (Å²) < 4.78 is 19.8. The van der Waals surface area contributed by atoms with E-state index in [9.17, 15) is 4.39 Å². The molecular formula is C33H28BrFN2O. The Bertz CT molecular complexity index is 1510. The predicted octanol–water partition coefficient (Wildman–Crippen LogP) is 9.05. The number of benzene rings is 4. The maximum absolute atomic E-state index is 13.1. The van der Waals surface area contributed by atoms with Crippen LogP contribution in [0.25, 0.3) is 0 Å². The van der Waals surface area contributed by atoms with Crippen LogP contribution >= 0.6 is 15.9 Å². The number of aliphatic imine (C=N–C) groups is 1. The molecule has 4 aromatic rings. The molecule has 1 aliphatic carbocycles. The van der Waals surface area contributed by atoms with Gasteiger partial charge in [0.2, 0.25) is 0 Å². The molecule has 0 aromatic heterocycles. The Morgan fingerprint density at radius 3 is 2.61 bits per heavy atom. The number of fused-ring (bicyclic) bond motifs is 3. The summed E-state index contributed by atoms with van der Waals surface area (Å²) in [5.74, 6) is 1.47. The Hall–Kier alpha value is -3.70. The summed E-state index contributed by atoms with van der Waals surface area (Å²) in [5, 5.41) is 3.81. The lowest BCUT2D eigenvalue weighted by Gasteiger charge is -2.37. The van der Waals surface area contributed by atoms with E-state index < -0.39 is 0 Å². The van der Waals surface area contributed by atoms with Gasteiger partial charge in [-0.3, -0.25) is 4.99 Å². The molecule has 1 aliphatic heterocycles. The second kappa shape index (κ2) is 10.6. The van der Waals surface area contributed by atoms with Gasteiger partial charge in [0.25, 0.3) is 0 Å². The zero-order chi connectivity index (χ0) is 26.1. The molecule has 190 valence electrons. The van der Waals surface area contributed by atoms with Crippen LogP contribution < -0.4 is 10.1 Å². The van der Waals surface area contributed by atoms with Crippen LogP contribution in [0.5, 0.6) is 5.75 Å². The average Bonchev–Trinajstić information content (AvgIpc) is 3.43. The van der Waals surface area contributed by atoms with Crippen molar-refractivity contribution < 1.29 is 9.13 Å². The first-order valence-corrected chi connectivity index (χ1v) is 13.7. The highest BCUT2D eigenvalue weighted by atomic mass is 79.9. The van der Waals surface area contributed by atoms with Crippen molar-refractivity contribution in [2.24, 2.45) is 10.9 Å². The normalized spacial score (nSPS) is 19.7. The molecule has 0 radical (unpaired) electrons. The van der Waals surface area contributed by atoms with Gasteiger partial charge in [-0.1, -0.05) is 54.1 Å². The van der Waals surface area contributed by atoms with E-state index in [0.29, 0.717) is 18.4 Å². The summed E-state index contributed by atoms with van der Waals surface area (Å²) in [7, 11) is 0. The Balaban J connectivity index is 1.12. The second-order valence-electron chi connectivity index (χ2n) is 10.0. The second-order valence-corrected chi connectivity index (χ2v) is 10.9. The Morgan fingerprint density at radius 2 is 1.82 bits per heavy atom. The number of hydrogen-bond acceptors (Lipinski definition) is 3. The Morgan fingerprint density at radius 1 is 1.00 bits per heavy atom. The zero-order valence-electron chi connectivity index (χ0n) is 21.1. The highest BCUT2D eigenvalue weighted by molar-refractivity contribution is 9.10. The van der Waals surface area contributed by atoms with Gasteiger partial charge in [-0.25, -0.2) is 4.39 Å². The molecular weight excluding hydrogens is 539 g/mol. The number of hydrogen-bond donors (Lipinski definition) is 1. The number of anilines is 1. The summed E-state index contributed by atoms with van der Waals surface area (Å²) >= 11 is 3.59. The highest BCUT2D eigenvalue weighted by Gasteiger charge is 2.37. The number of rotatable bonds is 6. The fraction of sp³-hybridized carbons (Fsp3) is 0.182. The van der Waals surface area contributed by atoms with Gasteiger partial charge in [0.1, 0.15) is 18.2 Å². The van der Waals surface area contributed by atoms with E-state index >= 15 is 0 Å². The van der Waals surface area contributed by atoms with Crippen molar-refractivity contribution in [1.29, 1.82) is 0 Å². The van der Waals surface area contributed by atoms with Crippen LogP contribution in [0, 0.1) is 18.7 Å². The van der Waals surface area contributed by atoms with Crippen LogP contribution in [0.2, 0.25) is 0 Å². The molecule has 1 heterocycles. The van der Waals surface area contributed by atoms with Gasteiger partial charge >= 0.3 is 0 Å². The zero-order valence-corrected chi connectivity index (χ0v) is 22.7. The van der Waals surface area contributed by atoms with Crippen LogP contribution in [0.4, 0.5) is 15.8 Å². The molecule has 2 aliphatic rings. The third-order valence-corrected chi connectivity index (χ3v) is 8.02. The third-order valence-electron chi connectivity index (χ3n) is 7.40. The molecule has 6 rings (SSSR count). The molecule has 3 nitrogen and oxygen atoms in total. The molecule has 1 N–H and O–H groups in total. The van der Waals surface area contributed by atoms with Crippen molar-refractivity contribution >= 4 is 33.5 Å². The predicted molar refractivity (Wildman–Crippen MR) is 156 cm³/mol. The van der Waals surface area contributed by atoms with E-state index in [1.165, 1.54) is 34.5 Å². The van der Waals surface area contributed by atoms with E-state index in [0.717, 1.165) is 33.5 Å². The first-order valence-electron chi connectivity index (χ1n) is 12.9. The SMILES string of the molecule is Cc1ccc2c(c1)[C@@H]1C=CC[C@@H]1[C@H](c1ccc(N=Cc3ccc(OCc4ccc(F)cc4)c(Br)c3)cc1)N2. The smallest absolute Gasteiger partial charge is 0.134 e. The standard InChI is InChI=1S/C33H28BrFN2O/c1-21-5-15-31-29(17-21)27-3-2-4-28(27)33(37-31)24-9-13-26(14-10-24)36-19-23-8-16-32(30(34)18-23)38-20-22-6-11-25(35)12-7-22/h2-3,5-19,27-28,33,37H,4,20H2,1H3/t27-,28+,33+/m1/s1. The minimum atomic E-state index is -0.251. The van der Waals surface area contributed by atoms with Gasteiger partial charge in [0.15, 0.2) is 0 Å². The molecule has 0 bridgehead atoms. The monoisotopic (exact) mass is 566 g/mol. The Labute approximate surface area is 231 Å². The van der Waals surface area contributed by atoms with Gasteiger partial charge in [0, 0.05) is 17.8 Å². The molecule has 5 heteroatoms. The number of allylic oxidation sites excluding steroid dienone is 2.